The van der Waals surface area contributed by atoms with Crippen LogP contribution in [0.4, 0.5) is 11.5 Å². The first-order valence-electron chi connectivity index (χ1n) is 7.60. The minimum Gasteiger partial charge on any atom is -0.497 e. The molecule has 0 spiro atoms. The summed E-state index contributed by atoms with van der Waals surface area (Å²) in [6.07, 6.45) is 2.00. The molecule has 1 aromatic carbocycles. The highest BCUT2D eigenvalue weighted by Gasteiger charge is 2.37. The van der Waals surface area contributed by atoms with Crippen molar-refractivity contribution in [3.05, 3.63) is 41.9 Å². The Hall–Kier alpha value is -2.19. The number of hydrogen-bond donors (Lipinski definition) is 1. The molecule has 128 valence electrons. The molecule has 3 rings (SSSR count). The molecule has 7 nitrogen and oxygen atoms in total. The van der Waals surface area contributed by atoms with Crippen LogP contribution in [-0.2, 0) is 10.0 Å². The van der Waals surface area contributed by atoms with Crippen LogP contribution in [0, 0.1) is 6.92 Å². The fourth-order valence-corrected chi connectivity index (χ4v) is 3.82. The zero-order valence-electron chi connectivity index (χ0n) is 13.9. The summed E-state index contributed by atoms with van der Waals surface area (Å²) in [5, 5.41) is 3.22. The zero-order chi connectivity index (χ0) is 17.3. The Morgan fingerprint density at radius 1 is 1.25 bits per heavy atom. The number of ether oxygens (including phenoxy) is 1. The second kappa shape index (κ2) is 6.37. The van der Waals surface area contributed by atoms with Crippen LogP contribution >= 0.6 is 0 Å². The van der Waals surface area contributed by atoms with Crippen molar-refractivity contribution in [3.8, 4) is 5.75 Å². The van der Waals surface area contributed by atoms with E-state index in [4.69, 9.17) is 4.74 Å². The van der Waals surface area contributed by atoms with E-state index in [9.17, 15) is 8.42 Å². The lowest BCUT2D eigenvalue weighted by molar-refractivity contribution is 0.199. The second-order valence-corrected chi connectivity index (χ2v) is 7.69. The van der Waals surface area contributed by atoms with Crippen molar-refractivity contribution in [2.24, 2.45) is 0 Å². The molecule has 1 aliphatic rings. The number of anilines is 2. The SMILES string of the molecule is COc1ccc(Nc2cc([C@H]3CCN3S(C)(=O)=O)nc(C)n2)cc1. The van der Waals surface area contributed by atoms with Gasteiger partial charge in [0.25, 0.3) is 0 Å². The Labute approximate surface area is 141 Å². The summed E-state index contributed by atoms with van der Waals surface area (Å²) in [6, 6.07) is 9.09. The number of hydrogen-bond acceptors (Lipinski definition) is 6. The van der Waals surface area contributed by atoms with Crippen LogP contribution in [0.25, 0.3) is 0 Å². The van der Waals surface area contributed by atoms with Gasteiger partial charge in [-0.2, -0.15) is 4.31 Å². The molecule has 0 aliphatic carbocycles. The quantitative estimate of drug-likeness (QED) is 0.892. The molecule has 2 heterocycles. The summed E-state index contributed by atoms with van der Waals surface area (Å²) < 4.78 is 30.2. The number of aromatic nitrogens is 2. The van der Waals surface area contributed by atoms with Gasteiger partial charge in [-0.05, 0) is 37.6 Å². The monoisotopic (exact) mass is 348 g/mol. The fourth-order valence-electron chi connectivity index (χ4n) is 2.70. The number of nitrogens with zero attached hydrogens (tertiary/aromatic N) is 3. The predicted molar refractivity (Wildman–Crippen MR) is 92.0 cm³/mol. The minimum atomic E-state index is -3.22. The molecule has 1 aromatic heterocycles. The van der Waals surface area contributed by atoms with E-state index in [-0.39, 0.29) is 6.04 Å². The van der Waals surface area contributed by atoms with Gasteiger partial charge in [0.2, 0.25) is 10.0 Å². The van der Waals surface area contributed by atoms with Crippen molar-refractivity contribution in [2.75, 3.05) is 25.2 Å². The number of aryl methyl sites for hydroxylation is 1. The van der Waals surface area contributed by atoms with Gasteiger partial charge in [0.05, 0.1) is 25.1 Å². The zero-order valence-corrected chi connectivity index (χ0v) is 14.7. The van der Waals surface area contributed by atoms with Gasteiger partial charge >= 0.3 is 0 Å². The van der Waals surface area contributed by atoms with E-state index >= 15 is 0 Å². The van der Waals surface area contributed by atoms with Gasteiger partial charge in [-0.25, -0.2) is 18.4 Å². The molecule has 0 bridgehead atoms. The summed E-state index contributed by atoms with van der Waals surface area (Å²) in [7, 11) is -1.60. The molecular weight excluding hydrogens is 328 g/mol. The minimum absolute atomic E-state index is 0.210. The van der Waals surface area contributed by atoms with Crippen molar-refractivity contribution in [1.82, 2.24) is 14.3 Å². The third-order valence-corrected chi connectivity index (χ3v) is 5.25. The van der Waals surface area contributed by atoms with Crippen molar-refractivity contribution in [3.63, 3.8) is 0 Å². The lowest BCUT2D eigenvalue weighted by Crippen LogP contribution is -2.44. The van der Waals surface area contributed by atoms with Gasteiger partial charge in [-0.1, -0.05) is 0 Å². The lowest BCUT2D eigenvalue weighted by atomic mass is 10.0. The van der Waals surface area contributed by atoms with Crippen LogP contribution in [0.5, 0.6) is 5.75 Å². The van der Waals surface area contributed by atoms with E-state index in [1.54, 1.807) is 20.1 Å². The maximum absolute atomic E-state index is 11.8. The van der Waals surface area contributed by atoms with Gasteiger partial charge in [-0.3, -0.25) is 0 Å². The molecule has 1 saturated heterocycles. The van der Waals surface area contributed by atoms with Crippen LogP contribution in [0.2, 0.25) is 0 Å². The maximum atomic E-state index is 11.8. The topological polar surface area (TPSA) is 84.4 Å². The Morgan fingerprint density at radius 2 is 1.96 bits per heavy atom. The van der Waals surface area contributed by atoms with Gasteiger partial charge < -0.3 is 10.1 Å². The number of sulfonamides is 1. The average molecular weight is 348 g/mol. The van der Waals surface area contributed by atoms with Gasteiger partial charge in [-0.15, -0.1) is 0 Å². The largest absolute Gasteiger partial charge is 0.497 e. The molecule has 0 amide bonds. The fraction of sp³-hybridized carbons (Fsp3) is 0.375. The van der Waals surface area contributed by atoms with Gasteiger partial charge in [0.1, 0.15) is 17.4 Å². The number of benzene rings is 1. The molecule has 0 saturated carbocycles. The third-order valence-electron chi connectivity index (χ3n) is 3.96. The number of nitrogens with one attached hydrogen (secondary N) is 1. The van der Waals surface area contributed by atoms with Crippen molar-refractivity contribution < 1.29 is 13.2 Å². The predicted octanol–water partition coefficient (Wildman–Crippen LogP) is 2.24. The Kier molecular flexibility index (Phi) is 4.42. The maximum Gasteiger partial charge on any atom is 0.211 e. The van der Waals surface area contributed by atoms with E-state index in [0.29, 0.717) is 18.2 Å². The summed E-state index contributed by atoms with van der Waals surface area (Å²) in [5.41, 5.74) is 1.59. The normalized spacial score (nSPS) is 18.0. The summed E-state index contributed by atoms with van der Waals surface area (Å²) in [6.45, 7) is 2.33. The Morgan fingerprint density at radius 3 is 2.50 bits per heavy atom. The molecule has 24 heavy (non-hydrogen) atoms. The van der Waals surface area contributed by atoms with E-state index in [2.05, 4.69) is 15.3 Å². The van der Waals surface area contributed by atoms with E-state index in [1.165, 1.54) is 10.6 Å². The molecule has 0 unspecified atom stereocenters. The molecule has 1 fully saturated rings. The number of methoxy groups -OCH3 is 1. The van der Waals surface area contributed by atoms with Crippen LogP contribution in [0.1, 0.15) is 24.0 Å². The summed E-state index contributed by atoms with van der Waals surface area (Å²) >= 11 is 0. The first-order chi connectivity index (χ1) is 11.4. The first kappa shape index (κ1) is 16.7. The Balaban J connectivity index is 1.83. The highest BCUT2D eigenvalue weighted by Crippen LogP contribution is 2.35. The van der Waals surface area contributed by atoms with Crippen molar-refractivity contribution in [2.45, 2.75) is 19.4 Å². The van der Waals surface area contributed by atoms with Crippen LogP contribution < -0.4 is 10.1 Å². The molecule has 2 aromatic rings. The Bertz CT molecular complexity index is 837. The first-order valence-corrected chi connectivity index (χ1v) is 9.45. The molecule has 1 aliphatic heterocycles. The highest BCUT2D eigenvalue weighted by atomic mass is 32.2. The van der Waals surface area contributed by atoms with Crippen molar-refractivity contribution in [1.29, 1.82) is 0 Å². The summed E-state index contributed by atoms with van der Waals surface area (Å²) in [4.78, 5) is 8.79. The molecule has 1 atom stereocenters. The van der Waals surface area contributed by atoms with Crippen LogP contribution in [-0.4, -0.2) is 42.6 Å². The number of rotatable bonds is 5. The summed E-state index contributed by atoms with van der Waals surface area (Å²) in [5.74, 6) is 2.02. The lowest BCUT2D eigenvalue weighted by Gasteiger charge is -2.38. The molecular formula is C16H20N4O3S. The van der Waals surface area contributed by atoms with Crippen molar-refractivity contribution >= 4 is 21.5 Å². The smallest absolute Gasteiger partial charge is 0.211 e. The van der Waals surface area contributed by atoms with Gasteiger partial charge in [0, 0.05) is 18.3 Å². The van der Waals surface area contributed by atoms with E-state index < -0.39 is 10.0 Å². The van der Waals surface area contributed by atoms with Crippen LogP contribution in [0.3, 0.4) is 0 Å². The molecule has 1 N–H and O–H groups in total. The second-order valence-electron chi connectivity index (χ2n) is 5.76. The molecule has 8 heteroatoms. The van der Waals surface area contributed by atoms with Crippen LogP contribution in [0.15, 0.2) is 30.3 Å². The third kappa shape index (κ3) is 3.49. The van der Waals surface area contributed by atoms with E-state index in [0.717, 1.165) is 23.6 Å². The molecule has 0 radical (unpaired) electrons. The van der Waals surface area contributed by atoms with Gasteiger partial charge in [0.15, 0.2) is 0 Å². The highest BCUT2D eigenvalue weighted by molar-refractivity contribution is 7.88. The standard InChI is InChI=1S/C16H20N4O3S/c1-11-17-14(15-8-9-20(15)24(3,21)22)10-16(18-11)19-12-4-6-13(23-2)7-5-12/h4-7,10,15H,8-9H2,1-3H3,(H,17,18,19)/t15-/m1/s1. The average Bonchev–Trinajstić information content (AvgIpc) is 2.44. The van der Waals surface area contributed by atoms with E-state index in [1.807, 2.05) is 24.3 Å².